The molecule has 2 rings (SSSR count). The number of rotatable bonds is 58. The van der Waals surface area contributed by atoms with E-state index >= 15 is 0 Å². The van der Waals surface area contributed by atoms with E-state index in [0.717, 1.165) is 89.9 Å². The molecular formula is C76H131NO13. The monoisotopic (exact) mass is 1270 g/mol. The Bertz CT molecular complexity index is 1930. The molecule has 14 nitrogen and oxygen atoms in total. The number of carbonyl (C=O) groups excluding carboxylic acids is 1. The molecule has 0 bridgehead atoms. The van der Waals surface area contributed by atoms with Gasteiger partial charge in [-0.3, -0.25) is 4.79 Å². The van der Waals surface area contributed by atoms with Gasteiger partial charge < -0.3 is 65.1 Å². The summed E-state index contributed by atoms with van der Waals surface area (Å²) < 4.78 is 22.8. The highest BCUT2D eigenvalue weighted by molar-refractivity contribution is 5.76. The molecule has 518 valence electrons. The van der Waals surface area contributed by atoms with Gasteiger partial charge in [0.1, 0.15) is 48.8 Å². The number of unbranched alkanes of at least 4 members (excludes halogenated alkanes) is 29. The summed E-state index contributed by atoms with van der Waals surface area (Å²) >= 11 is 0. The third-order valence-electron chi connectivity index (χ3n) is 16.9. The van der Waals surface area contributed by atoms with Crippen molar-refractivity contribution in [2.45, 2.75) is 344 Å². The van der Waals surface area contributed by atoms with Gasteiger partial charge in [-0.2, -0.15) is 0 Å². The van der Waals surface area contributed by atoms with Gasteiger partial charge in [0.05, 0.1) is 32.0 Å². The van der Waals surface area contributed by atoms with Crippen molar-refractivity contribution in [1.82, 2.24) is 5.32 Å². The van der Waals surface area contributed by atoms with E-state index in [9.17, 15) is 45.6 Å². The highest BCUT2D eigenvalue weighted by Crippen LogP contribution is 2.30. The van der Waals surface area contributed by atoms with Crippen molar-refractivity contribution in [3.8, 4) is 0 Å². The number of hydrogen-bond acceptors (Lipinski definition) is 13. The normalized spacial score (nSPS) is 23.6. The van der Waals surface area contributed by atoms with Crippen LogP contribution in [0.5, 0.6) is 0 Å². The number of allylic oxidation sites excluding steroid dienone is 17. The third-order valence-corrected chi connectivity index (χ3v) is 16.9. The van der Waals surface area contributed by atoms with Crippen LogP contribution in [0.4, 0.5) is 0 Å². The second-order valence-corrected chi connectivity index (χ2v) is 25.0. The largest absolute Gasteiger partial charge is 0.394 e. The fraction of sp³-hybridized carbons (Fsp3) is 0.750. The predicted octanol–water partition coefficient (Wildman–Crippen LogP) is 15.1. The molecule has 2 aliphatic heterocycles. The van der Waals surface area contributed by atoms with E-state index in [1.54, 1.807) is 6.08 Å². The van der Waals surface area contributed by atoms with Crippen LogP contribution in [0, 0.1) is 0 Å². The zero-order valence-electron chi connectivity index (χ0n) is 56.3. The molecule has 0 aromatic carbocycles. The summed E-state index contributed by atoms with van der Waals surface area (Å²) in [5.41, 5.74) is 0. The Hall–Kier alpha value is -3.35. The van der Waals surface area contributed by atoms with Gasteiger partial charge in [0, 0.05) is 6.42 Å². The zero-order chi connectivity index (χ0) is 65.2. The maximum atomic E-state index is 13.3. The molecule has 0 aromatic heterocycles. The van der Waals surface area contributed by atoms with Gasteiger partial charge in [-0.25, -0.2) is 0 Å². The Balaban J connectivity index is 1.71. The molecule has 2 saturated heterocycles. The van der Waals surface area contributed by atoms with Crippen molar-refractivity contribution in [2.75, 3.05) is 19.8 Å². The Morgan fingerprint density at radius 3 is 1.22 bits per heavy atom. The van der Waals surface area contributed by atoms with Crippen LogP contribution in [0.1, 0.15) is 271 Å². The number of aliphatic hydroxyl groups excluding tert-OH is 8. The first-order valence-electron chi connectivity index (χ1n) is 36.1. The molecule has 12 unspecified atom stereocenters. The molecule has 9 N–H and O–H groups in total. The highest BCUT2D eigenvalue weighted by Gasteiger charge is 2.51. The van der Waals surface area contributed by atoms with Crippen LogP contribution in [-0.4, -0.2) is 140 Å². The fourth-order valence-corrected chi connectivity index (χ4v) is 11.2. The first kappa shape index (κ1) is 82.7. The first-order chi connectivity index (χ1) is 44.1. The molecule has 0 spiro atoms. The molecule has 12 atom stereocenters. The second-order valence-electron chi connectivity index (χ2n) is 25.0. The standard InChI is InChI=1S/C76H131NO13/c1-3-5-7-9-11-13-15-17-19-21-23-25-27-29-31-32-34-35-37-39-41-43-45-47-49-51-53-55-57-59-65(80)64(63-87-75-73(86)71(84)74(67(62-79)89-75)90-76-72(85)70(83)69(82)66(61-78)88-76)77-68(81)60-58-56-54-52-50-48-46-44-42-40-38-36-33-30-28-26-24-22-20-18-16-14-12-10-8-6-4-2/h6,8,12,14,18,20,24,26,30,33,38,40,44,46,49,51,57,59,64-67,69-76,78-80,82-86H,3-5,7,9-11,13,15-17,19,21-23,25,27-29,31-32,34-37,39,41-43,45,47-48,50,52-56,58,60-63H2,1-2H3,(H,77,81)/b8-6-,14-12-,20-18-,26-24-,33-30-,40-38-,46-44-,51-49+,59-57+. The molecule has 1 amide bonds. The molecular weight excluding hydrogens is 1130 g/mol. The highest BCUT2D eigenvalue weighted by atomic mass is 16.7. The topological polar surface area (TPSA) is 228 Å². The summed E-state index contributed by atoms with van der Waals surface area (Å²) in [5.74, 6) is -0.270. The van der Waals surface area contributed by atoms with Gasteiger partial charge in [0.25, 0.3) is 0 Å². The van der Waals surface area contributed by atoms with Crippen LogP contribution in [0.3, 0.4) is 0 Å². The number of ether oxygens (including phenoxy) is 4. The molecule has 0 radical (unpaired) electrons. The van der Waals surface area contributed by atoms with Crippen molar-refractivity contribution in [2.24, 2.45) is 0 Å². The Morgan fingerprint density at radius 1 is 0.411 bits per heavy atom. The van der Waals surface area contributed by atoms with Crippen LogP contribution in [-0.2, 0) is 23.7 Å². The maximum absolute atomic E-state index is 13.3. The van der Waals surface area contributed by atoms with Crippen LogP contribution < -0.4 is 5.32 Å². The molecule has 0 aromatic rings. The van der Waals surface area contributed by atoms with E-state index in [0.29, 0.717) is 12.8 Å². The molecule has 0 aliphatic carbocycles. The van der Waals surface area contributed by atoms with Crippen molar-refractivity contribution < 1.29 is 64.6 Å². The summed E-state index contributed by atoms with van der Waals surface area (Å²) in [7, 11) is 0. The average molecular weight is 1270 g/mol. The van der Waals surface area contributed by atoms with Gasteiger partial charge in [-0.15, -0.1) is 0 Å². The van der Waals surface area contributed by atoms with E-state index in [4.69, 9.17) is 18.9 Å². The number of carbonyl (C=O) groups is 1. The van der Waals surface area contributed by atoms with E-state index in [-0.39, 0.29) is 18.9 Å². The lowest BCUT2D eigenvalue weighted by Crippen LogP contribution is -2.65. The smallest absolute Gasteiger partial charge is 0.220 e. The van der Waals surface area contributed by atoms with E-state index in [1.165, 1.54) is 148 Å². The van der Waals surface area contributed by atoms with Gasteiger partial charge in [0.15, 0.2) is 12.6 Å². The number of aliphatic hydroxyl groups is 8. The van der Waals surface area contributed by atoms with Gasteiger partial charge in [-0.05, 0) is 89.9 Å². The molecule has 14 heteroatoms. The van der Waals surface area contributed by atoms with Crippen molar-refractivity contribution >= 4 is 5.91 Å². The quantitative estimate of drug-likeness (QED) is 0.0204. The Labute approximate surface area is 546 Å². The van der Waals surface area contributed by atoms with Crippen LogP contribution in [0.15, 0.2) is 109 Å². The summed E-state index contributed by atoms with van der Waals surface area (Å²) in [4.78, 5) is 13.3. The minimum atomic E-state index is -1.80. The SMILES string of the molecule is CC/C=C\C/C=C\C/C=C\C/C=C\C/C=C\C/C=C\C/C=C\CCCCCCCC(=O)NC(COC1OC(CO)C(OC2OC(CO)C(O)C(O)C2O)C(O)C1O)C(O)/C=C/CC/C=C/CCCCCCCCCCCCCCCCCCCCCCCCC. The Morgan fingerprint density at radius 2 is 0.778 bits per heavy atom. The molecule has 90 heavy (non-hydrogen) atoms. The molecule has 0 saturated carbocycles. The van der Waals surface area contributed by atoms with Crippen LogP contribution in [0.25, 0.3) is 0 Å². The van der Waals surface area contributed by atoms with E-state index in [1.807, 2.05) is 6.08 Å². The zero-order valence-corrected chi connectivity index (χ0v) is 56.3. The number of hydrogen-bond donors (Lipinski definition) is 9. The third kappa shape index (κ3) is 42.8. The van der Waals surface area contributed by atoms with E-state index < -0.39 is 86.8 Å². The number of amides is 1. The predicted molar refractivity (Wildman–Crippen MR) is 369 cm³/mol. The summed E-state index contributed by atoms with van der Waals surface area (Å²) in [6, 6.07) is -0.952. The average Bonchev–Trinajstić information content (AvgIpc) is 1.41. The van der Waals surface area contributed by atoms with Crippen molar-refractivity contribution in [3.05, 3.63) is 109 Å². The lowest BCUT2D eigenvalue weighted by atomic mass is 9.97. The minimum absolute atomic E-state index is 0.244. The summed E-state index contributed by atoms with van der Waals surface area (Å²) in [6.07, 6.45) is 68.6. The lowest BCUT2D eigenvalue weighted by molar-refractivity contribution is -0.359. The molecule has 2 heterocycles. The van der Waals surface area contributed by atoms with Crippen molar-refractivity contribution in [1.29, 1.82) is 0 Å². The lowest BCUT2D eigenvalue weighted by Gasteiger charge is -2.46. The summed E-state index contributed by atoms with van der Waals surface area (Å²) in [5, 5.41) is 87.5. The molecule has 2 fully saturated rings. The van der Waals surface area contributed by atoms with Gasteiger partial charge in [0.2, 0.25) is 5.91 Å². The Kier molecular flexibility index (Phi) is 54.6. The fourth-order valence-electron chi connectivity index (χ4n) is 11.2. The second kappa shape index (κ2) is 59.4. The van der Waals surface area contributed by atoms with Crippen LogP contribution >= 0.6 is 0 Å². The van der Waals surface area contributed by atoms with Crippen LogP contribution in [0.2, 0.25) is 0 Å². The van der Waals surface area contributed by atoms with Gasteiger partial charge >= 0.3 is 0 Å². The van der Waals surface area contributed by atoms with Gasteiger partial charge in [-0.1, -0.05) is 284 Å². The molecule has 2 aliphatic rings. The maximum Gasteiger partial charge on any atom is 0.220 e. The van der Waals surface area contributed by atoms with Crippen molar-refractivity contribution in [3.63, 3.8) is 0 Å². The number of nitrogens with one attached hydrogen (secondary N) is 1. The minimum Gasteiger partial charge on any atom is -0.394 e. The first-order valence-corrected chi connectivity index (χ1v) is 36.1. The summed E-state index contributed by atoms with van der Waals surface area (Å²) in [6.45, 7) is 2.67. The van der Waals surface area contributed by atoms with E-state index in [2.05, 4.69) is 116 Å².